The Labute approximate surface area is 722 Å². The second-order valence-corrected chi connectivity index (χ2v) is 32.0. The lowest BCUT2D eigenvalue weighted by molar-refractivity contribution is 1.04. The van der Waals surface area contributed by atoms with Gasteiger partial charge < -0.3 is 27.4 Å². The predicted molar refractivity (Wildman–Crippen MR) is 518 cm³/mol. The Morgan fingerprint density at radius 1 is 0.119 bits per heavy atom. The van der Waals surface area contributed by atoms with E-state index in [0.717, 1.165) is 134 Å². The van der Waals surface area contributed by atoms with Crippen LogP contribution in [0.4, 0.5) is 0 Å². The molecule has 0 radical (unpaired) electrons. The smallest absolute Gasteiger partial charge is 0.164 e. The first-order valence-electron chi connectivity index (χ1n) is 42.6. The maximum absolute atomic E-state index is 5.34. The van der Waals surface area contributed by atoms with E-state index in [2.05, 4.69) is 391 Å². The van der Waals surface area contributed by atoms with Gasteiger partial charge in [0, 0.05) is 98.0 Å². The van der Waals surface area contributed by atoms with Crippen molar-refractivity contribution < 1.29 is 0 Å². The zero-order valence-electron chi connectivity index (χ0n) is 67.9. The quantitative estimate of drug-likeness (QED) is 0.121. The van der Waals surface area contributed by atoms with Gasteiger partial charge in [0.15, 0.2) is 34.9 Å². The minimum absolute atomic E-state index is 0.584. The van der Waals surface area contributed by atoms with E-state index in [4.69, 9.17) is 29.9 Å². The van der Waals surface area contributed by atoms with Gasteiger partial charge in [-0.05, 0) is 97.1 Å². The predicted octanol–water partition coefficient (Wildman–Crippen LogP) is 28.3. The van der Waals surface area contributed by atoms with Crippen LogP contribution in [0.5, 0.6) is 0 Å². The average molecular weight is 1610 g/mol. The van der Waals surface area contributed by atoms with Crippen LogP contribution in [0.15, 0.2) is 437 Å². The fourth-order valence-electron chi connectivity index (χ4n) is 19.5. The van der Waals surface area contributed by atoms with Crippen LogP contribution in [-0.2, 0) is 0 Å². The van der Waals surface area contributed by atoms with E-state index in [1.807, 2.05) is 72.8 Å². The molecule has 0 aliphatic carbocycles. The fourth-order valence-corrected chi connectivity index (χ4v) is 19.5. The fraction of sp³-hybridized carbons (Fsp3) is 0. The highest BCUT2D eigenvalue weighted by Crippen LogP contribution is 2.49. The minimum atomic E-state index is 0.584. The summed E-state index contributed by atoms with van der Waals surface area (Å²) < 4.78 is 14.7. The summed E-state index contributed by atoms with van der Waals surface area (Å²) >= 11 is 0. The molecule has 0 aliphatic rings. The van der Waals surface area contributed by atoms with Gasteiger partial charge in [-0.3, -0.25) is 0 Å². The van der Waals surface area contributed by atoms with Gasteiger partial charge >= 0.3 is 0 Å². The lowest BCUT2D eigenvalue weighted by Gasteiger charge is -2.23. The third-order valence-electron chi connectivity index (χ3n) is 24.9. The van der Waals surface area contributed by atoms with Crippen LogP contribution in [0.25, 0.3) is 233 Å². The zero-order valence-corrected chi connectivity index (χ0v) is 67.9. The lowest BCUT2D eigenvalue weighted by Crippen LogP contribution is -2.10. The third-order valence-corrected chi connectivity index (χ3v) is 24.9. The van der Waals surface area contributed by atoms with Crippen molar-refractivity contribution in [1.29, 1.82) is 0 Å². The molecule has 12 nitrogen and oxygen atoms in total. The maximum Gasteiger partial charge on any atom is 0.164 e. The van der Waals surface area contributed by atoms with Crippen molar-refractivity contribution in [2.45, 2.75) is 0 Å². The van der Waals surface area contributed by atoms with Gasteiger partial charge in [-0.25, -0.2) is 29.9 Å². The highest BCUT2D eigenvalue weighted by molar-refractivity contribution is 6.17. The molecular weight excluding hydrogens is 1540 g/mol. The van der Waals surface area contributed by atoms with Crippen molar-refractivity contribution >= 4 is 131 Å². The molecule has 0 saturated heterocycles. The van der Waals surface area contributed by atoms with Gasteiger partial charge in [-0.2, -0.15) is 0 Å². The Hall–Kier alpha value is -17.2. The number of hydrogen-bond acceptors (Lipinski definition) is 6. The SMILES string of the molecule is c1ccc(-c2nc(-c3ccccc3)nc(-c3cc(-n4c5ccccc5c5ccccc54)c(-n4c5ccccc5c5ccccc54)c(-n4c5ccccc5c5ccccc54)c3)n2)cc1.c1ccc(-c2nc(-c3ccccc3)nc(-c3cc(-n4c5ccccc5c5ccccc54)c(-n4c5ccccc5c5ccccc54)c(-n4c5ccccc5c5ccccc54)c3)n2)cc1. The van der Waals surface area contributed by atoms with E-state index in [9.17, 15) is 0 Å². The normalized spacial score (nSPS) is 11.8. The first-order chi connectivity index (χ1) is 62.6. The van der Waals surface area contributed by atoms with Gasteiger partial charge in [-0.1, -0.05) is 340 Å². The second-order valence-electron chi connectivity index (χ2n) is 32.0. The second kappa shape index (κ2) is 29.3. The van der Waals surface area contributed by atoms with Crippen LogP contribution in [0.2, 0.25) is 0 Å². The van der Waals surface area contributed by atoms with E-state index < -0.39 is 0 Å². The highest BCUT2D eigenvalue weighted by Gasteiger charge is 2.31. The van der Waals surface area contributed by atoms with E-state index in [0.29, 0.717) is 34.9 Å². The van der Waals surface area contributed by atoms with Crippen molar-refractivity contribution in [3.05, 3.63) is 437 Å². The van der Waals surface area contributed by atoms with Crippen molar-refractivity contribution in [3.63, 3.8) is 0 Å². The number of fused-ring (bicyclic) bond motifs is 18. The summed E-state index contributed by atoms with van der Waals surface area (Å²) in [7, 11) is 0. The minimum Gasteiger partial charge on any atom is -0.307 e. The summed E-state index contributed by atoms with van der Waals surface area (Å²) in [5.74, 6) is 3.62. The Morgan fingerprint density at radius 2 is 0.246 bits per heavy atom. The highest BCUT2D eigenvalue weighted by atomic mass is 15.1. The van der Waals surface area contributed by atoms with Gasteiger partial charge in [0.2, 0.25) is 0 Å². The Balaban J connectivity index is 0.000000137. The maximum atomic E-state index is 5.34. The molecule has 26 aromatic rings. The van der Waals surface area contributed by atoms with E-state index >= 15 is 0 Å². The Kier molecular flexibility index (Phi) is 16.7. The van der Waals surface area contributed by atoms with Gasteiger partial charge in [0.1, 0.15) is 0 Å². The molecule has 126 heavy (non-hydrogen) atoms. The lowest BCUT2D eigenvalue weighted by atomic mass is 10.1. The molecule has 0 spiro atoms. The summed E-state index contributed by atoms with van der Waals surface area (Å²) in [5, 5.41) is 14.2. The molecule has 0 bridgehead atoms. The summed E-state index contributed by atoms with van der Waals surface area (Å²) in [4.78, 5) is 31.5. The molecule has 0 fully saturated rings. The van der Waals surface area contributed by atoms with Crippen LogP contribution in [0, 0.1) is 0 Å². The molecule has 8 heterocycles. The van der Waals surface area contributed by atoms with Crippen molar-refractivity contribution in [2.24, 2.45) is 0 Å². The van der Waals surface area contributed by atoms with Crippen LogP contribution in [0.3, 0.4) is 0 Å². The van der Waals surface area contributed by atoms with Crippen LogP contribution >= 0.6 is 0 Å². The molecule has 8 aromatic heterocycles. The molecule has 18 aromatic carbocycles. The van der Waals surface area contributed by atoms with Gasteiger partial charge in [0.05, 0.1) is 100 Å². The molecule has 588 valence electrons. The number of nitrogens with zero attached hydrogens (tertiary/aromatic N) is 12. The van der Waals surface area contributed by atoms with Gasteiger partial charge in [0.25, 0.3) is 0 Å². The average Bonchev–Trinajstić information content (AvgIpc) is 1.53. The molecule has 0 aliphatic heterocycles. The van der Waals surface area contributed by atoms with Gasteiger partial charge in [-0.15, -0.1) is 0 Å². The first kappa shape index (κ1) is 71.7. The summed E-state index contributed by atoms with van der Waals surface area (Å²) in [5.41, 5.74) is 24.8. The van der Waals surface area contributed by atoms with Crippen LogP contribution < -0.4 is 0 Å². The largest absolute Gasteiger partial charge is 0.307 e. The topological polar surface area (TPSA) is 107 Å². The Bertz CT molecular complexity index is 7640. The van der Waals surface area contributed by atoms with Crippen LogP contribution in [-0.4, -0.2) is 57.3 Å². The van der Waals surface area contributed by atoms with Crippen molar-refractivity contribution in [2.75, 3.05) is 0 Å². The standard InChI is InChI=1S/2C57H36N6/c2*1-3-19-37(20-4-1)55-58-56(38-21-5-2-6-22-38)60-57(59-55)39-35-52(61-46-29-13-7-23-40(46)41-24-8-14-30-47(41)61)54(63-50-33-17-11-27-44(50)45-28-12-18-34-51(45)63)53(36-39)62-48-31-15-9-25-42(48)43-26-10-16-32-49(43)62/h2*1-36H. The molecule has 0 N–H and O–H groups in total. The zero-order chi connectivity index (χ0) is 82.9. The number of benzene rings is 18. The van der Waals surface area contributed by atoms with Crippen LogP contribution in [0.1, 0.15) is 0 Å². The van der Waals surface area contributed by atoms with E-state index in [1.165, 1.54) is 64.6 Å². The monoisotopic (exact) mass is 1610 g/mol. The summed E-state index contributed by atoms with van der Waals surface area (Å²) in [6, 6.07) is 155. The first-order valence-corrected chi connectivity index (χ1v) is 42.6. The molecule has 0 unspecified atom stereocenters. The van der Waals surface area contributed by atoms with Crippen molar-refractivity contribution in [1.82, 2.24) is 57.3 Å². The third kappa shape index (κ3) is 11.5. The number of para-hydroxylation sites is 12. The summed E-state index contributed by atoms with van der Waals surface area (Å²) in [6.07, 6.45) is 0. The molecule has 0 saturated carbocycles. The van der Waals surface area contributed by atoms with Crippen molar-refractivity contribution in [3.8, 4) is 102 Å². The number of aromatic nitrogens is 12. The molecule has 0 amide bonds. The van der Waals surface area contributed by atoms with E-state index in [-0.39, 0.29) is 0 Å². The van der Waals surface area contributed by atoms with E-state index in [1.54, 1.807) is 0 Å². The molecule has 26 rings (SSSR count). The summed E-state index contributed by atoms with van der Waals surface area (Å²) in [6.45, 7) is 0. The number of hydrogen-bond donors (Lipinski definition) is 0. The number of rotatable bonds is 12. The molecule has 12 heteroatoms. The molecular formula is C114H72N12. The Morgan fingerprint density at radius 3 is 0.405 bits per heavy atom. The molecule has 0 atom stereocenters.